The first kappa shape index (κ1) is 90.3. The summed E-state index contributed by atoms with van der Waals surface area (Å²) >= 11 is 5.21. The van der Waals surface area contributed by atoms with Gasteiger partial charge in [-0.15, -0.1) is 46.2 Å². The Balaban J connectivity index is 0.698. The van der Waals surface area contributed by atoms with Gasteiger partial charge in [0.05, 0.1) is 40.2 Å². The third-order valence-corrected chi connectivity index (χ3v) is 24.0. The number of ether oxygens (including phenoxy) is 2. The number of nitrogens with zero attached hydrogens (tertiary/aromatic N) is 6. The Morgan fingerprint density at radius 3 is 1.46 bits per heavy atom. The number of alkyl carbamates (subject to hydrolysis) is 2. The summed E-state index contributed by atoms with van der Waals surface area (Å²) < 4.78 is 12.6. The lowest BCUT2D eigenvalue weighted by Gasteiger charge is -2.26. The van der Waals surface area contributed by atoms with Crippen molar-refractivity contribution in [3.63, 3.8) is 0 Å². The van der Waals surface area contributed by atoms with Crippen molar-refractivity contribution in [2.24, 2.45) is 21.5 Å². The molecule has 634 valence electrons. The third-order valence-electron chi connectivity index (χ3n) is 19.6. The van der Waals surface area contributed by atoms with Gasteiger partial charge >= 0.3 is 24.1 Å². The van der Waals surface area contributed by atoms with Gasteiger partial charge in [0, 0.05) is 28.8 Å². The second-order valence-corrected chi connectivity index (χ2v) is 33.0. The summed E-state index contributed by atoms with van der Waals surface area (Å²) in [5, 5.41) is 47.8. The van der Waals surface area contributed by atoms with Crippen molar-refractivity contribution in [1.29, 1.82) is 0 Å². The number of aliphatic imine (C=N–C) groups is 2. The highest BCUT2D eigenvalue weighted by Gasteiger charge is 2.34. The van der Waals surface area contributed by atoms with E-state index in [0.29, 0.717) is 148 Å². The summed E-state index contributed by atoms with van der Waals surface area (Å²) in [5.74, 6) is -6.94. The summed E-state index contributed by atoms with van der Waals surface area (Å²) in [7, 11) is 3.85. The van der Waals surface area contributed by atoms with Gasteiger partial charge in [-0.1, -0.05) is 78.9 Å². The van der Waals surface area contributed by atoms with Gasteiger partial charge < -0.3 is 84.3 Å². The molecule has 119 heavy (non-hydrogen) atoms. The van der Waals surface area contributed by atoms with Crippen LogP contribution < -0.4 is 64.6 Å². The quantitative estimate of drug-likeness (QED) is 0.0158. The summed E-state index contributed by atoms with van der Waals surface area (Å²) in [6.45, 7) is 1.96. The molecular weight excluding hydrogens is 1610 g/mol. The lowest BCUT2D eigenvalue weighted by molar-refractivity contribution is -0.138. The first-order chi connectivity index (χ1) is 57.4. The predicted octanol–water partition coefficient (Wildman–Crippen LogP) is 5.82. The van der Waals surface area contributed by atoms with Gasteiger partial charge in [-0.25, -0.2) is 29.1 Å². The maximum absolute atomic E-state index is 14.4. The van der Waals surface area contributed by atoms with E-state index < -0.39 is 133 Å². The molecule has 1 aliphatic carbocycles. The highest BCUT2D eigenvalue weighted by molar-refractivity contribution is 8.15. The van der Waals surface area contributed by atoms with Crippen LogP contribution >= 0.6 is 46.2 Å². The van der Waals surface area contributed by atoms with Crippen LogP contribution in [0, 0.1) is 0 Å². The van der Waals surface area contributed by atoms with Crippen LogP contribution in [-0.4, -0.2) is 238 Å². The Morgan fingerprint density at radius 1 is 0.487 bits per heavy atom. The van der Waals surface area contributed by atoms with Gasteiger partial charge in [0.1, 0.15) is 70.1 Å². The number of carbonyl (C=O) groups excluding carboxylic acids is 10. The number of nitrogens with two attached hydrogens (primary N) is 2. The van der Waals surface area contributed by atoms with E-state index in [4.69, 9.17) is 20.9 Å². The van der Waals surface area contributed by atoms with Gasteiger partial charge in [0.25, 0.3) is 0 Å². The fourth-order valence-electron chi connectivity index (χ4n) is 13.4. The number of thioether (sulfide) groups is 2. The number of hydrogen-bond acceptors (Lipinski definition) is 26. The largest absolute Gasteiger partial charge is 0.480 e. The third kappa shape index (κ3) is 27.3. The molecule has 34 nitrogen and oxygen atoms in total. The zero-order valence-electron chi connectivity index (χ0n) is 66.1. The van der Waals surface area contributed by atoms with E-state index >= 15 is 0 Å². The number of carbonyl (C=O) groups is 12. The molecule has 0 saturated heterocycles. The van der Waals surface area contributed by atoms with E-state index in [9.17, 15) is 67.7 Å². The molecule has 0 spiro atoms. The van der Waals surface area contributed by atoms with Crippen molar-refractivity contribution in [2.75, 3.05) is 95.3 Å². The number of aromatic nitrogens is 2. The second kappa shape index (κ2) is 45.3. The summed E-state index contributed by atoms with van der Waals surface area (Å²) in [4.78, 5) is 181. The molecule has 38 heteroatoms. The van der Waals surface area contributed by atoms with Crippen LogP contribution in [0.2, 0.25) is 0 Å². The zero-order valence-corrected chi connectivity index (χ0v) is 69.4. The zero-order chi connectivity index (χ0) is 84.9. The molecule has 2 aliphatic heterocycles. The van der Waals surface area contributed by atoms with Gasteiger partial charge in [0.15, 0.2) is 12.1 Å². The highest BCUT2D eigenvalue weighted by atomic mass is 32.2. The monoisotopic (exact) mass is 1710 g/mol. The normalized spacial score (nSPS) is 15.4. The molecule has 0 fully saturated rings. The number of nitrogens with one attached hydrogen (secondary N) is 10. The number of benzene rings is 5. The number of carboxylic acids is 2. The van der Waals surface area contributed by atoms with Crippen molar-refractivity contribution in [1.82, 2.24) is 62.3 Å². The molecule has 0 bridgehead atoms. The highest BCUT2D eigenvalue weighted by Crippen LogP contribution is 2.45. The molecule has 2 aromatic heterocycles. The Bertz CT molecular complexity index is 4790. The van der Waals surface area contributed by atoms with E-state index in [1.54, 1.807) is 60.7 Å². The molecule has 10 rings (SSSR count). The molecule has 0 radical (unpaired) electrons. The number of rotatable bonds is 46. The van der Waals surface area contributed by atoms with Crippen LogP contribution in [-0.2, 0) is 64.0 Å². The lowest BCUT2D eigenvalue weighted by atomic mass is 9.98. The number of aliphatic carboxylic acids is 2. The Kier molecular flexibility index (Phi) is 34.3. The van der Waals surface area contributed by atoms with Crippen LogP contribution in [0.3, 0.4) is 0 Å². The fourth-order valence-corrected chi connectivity index (χ4v) is 17.6. The summed E-state index contributed by atoms with van der Waals surface area (Å²) in [6.07, 6.45) is 3.15. The SMILES string of the molecule is C[C@H](NC(=O)CNC(=O)CNC(=O)[C@H](CCCCN(C)CN(C)CCCC[C@H](NC(=O)CNC(=O)OCc1ccccc1)C(=O)N[C@@H](CCCCN)C(=O)Nc1ccc2nc(C3=N[C@@H](C(=O)O)CS3)sc2c1)NC(=O)OCC1c2ccccc2-c2ccccc21)C(=O)N[C@@H](CCCCN)C(=O)Nc1ccc2nc(C3=N[C@@H](C(=O)O)CS3)sc2c1. The number of hydrogen-bond donors (Lipinski definition) is 14. The van der Waals surface area contributed by atoms with Gasteiger partial charge in [-0.3, -0.25) is 58.1 Å². The second-order valence-electron chi connectivity index (χ2n) is 28.9. The standard InChI is InChI=1S/C81H100N18O16S4/c1-47(69(103)91-60(25-11-15-33-82)71(105)88-49-29-31-56-64(37-49)118-76(93-56)74-95-62(44-116-74)78(108)109)87-67(101)40-84-66(100)39-85-70(104)58(97-81(113)115-43-55-53-23-9-7-21-51(53)52-22-8-10-24-54(52)55)27-13-17-35-98(2)46-99(3)36-18-14-28-59(90-68(102)41-86-80(112)114-42-48-19-5-4-6-20-48)73(107)92-61(26-12-16-34-83)72(106)89-50-30-32-57-65(38-50)119-77(94-57)75-96-63(45-117-75)79(110)111/h4-10,19-24,29-32,37-38,47,55,58-63H,11-18,25-28,33-36,39-46,82-83H2,1-3H3,(H,84,100)(H,85,104)(H,86,112)(H,87,101)(H,88,105)(H,89,106)(H,90,102)(H,91,103)(H,92,107)(H,97,113)(H,108,109)(H,110,111)/t47-,58-,59-,60-,61-,62+,63+/m0/s1. The molecule has 4 heterocycles. The van der Waals surface area contributed by atoms with E-state index in [-0.39, 0.29) is 44.8 Å². The molecule has 16 N–H and O–H groups in total. The number of unbranched alkanes of at least 4 members (excludes halogenated alkanes) is 4. The molecule has 0 unspecified atom stereocenters. The summed E-state index contributed by atoms with van der Waals surface area (Å²) in [5.41, 5.74) is 18.5. The van der Waals surface area contributed by atoms with Gasteiger partial charge in [-0.05, 0) is 188 Å². The maximum Gasteiger partial charge on any atom is 0.407 e. The number of fused-ring (bicyclic) bond motifs is 5. The van der Waals surface area contributed by atoms with Crippen molar-refractivity contribution in [2.45, 2.75) is 139 Å². The minimum Gasteiger partial charge on any atom is -0.480 e. The molecule has 7 atom stereocenters. The molecule has 0 saturated carbocycles. The average molecular weight is 1710 g/mol. The first-order valence-corrected chi connectivity index (χ1v) is 42.9. The predicted molar refractivity (Wildman–Crippen MR) is 457 cm³/mol. The molecular formula is C81H100N18O16S4. The van der Waals surface area contributed by atoms with Crippen molar-refractivity contribution < 1.29 is 77.2 Å². The Hall–Kier alpha value is -11.0. The minimum absolute atomic E-state index is 0.0289. The maximum atomic E-state index is 14.4. The molecule has 3 aliphatic rings. The van der Waals surface area contributed by atoms with Crippen molar-refractivity contribution in [3.05, 3.63) is 142 Å². The smallest absolute Gasteiger partial charge is 0.407 e. The van der Waals surface area contributed by atoms with E-state index in [2.05, 4.69) is 82.9 Å². The van der Waals surface area contributed by atoms with E-state index in [1.807, 2.05) is 68.7 Å². The number of anilines is 2. The average Bonchev–Trinajstić information content (AvgIpc) is 1.63. The number of amides is 10. The summed E-state index contributed by atoms with van der Waals surface area (Å²) in [6, 6.07) is 27.6. The van der Waals surface area contributed by atoms with Crippen LogP contribution in [0.1, 0.15) is 117 Å². The molecule has 7 aromatic rings. The number of carboxylic acid groups (broad SMARTS) is 2. The van der Waals surface area contributed by atoms with Crippen molar-refractivity contribution >= 4 is 159 Å². The Labute approximate surface area is 703 Å². The van der Waals surface area contributed by atoms with E-state index in [1.165, 1.54) is 53.1 Å². The van der Waals surface area contributed by atoms with Crippen LogP contribution in [0.15, 0.2) is 125 Å². The number of thiazole rings is 2. The van der Waals surface area contributed by atoms with Gasteiger partial charge in [0.2, 0.25) is 47.3 Å². The van der Waals surface area contributed by atoms with Crippen LogP contribution in [0.4, 0.5) is 21.0 Å². The van der Waals surface area contributed by atoms with Gasteiger partial charge in [-0.2, -0.15) is 0 Å². The van der Waals surface area contributed by atoms with E-state index in [0.717, 1.165) is 27.8 Å². The lowest BCUT2D eigenvalue weighted by Crippen LogP contribution is -2.53. The van der Waals surface area contributed by atoms with Crippen LogP contribution in [0.5, 0.6) is 0 Å². The fraction of sp³-hybridized carbons (Fsp3) is 0.432. The topological polar surface area (TPSA) is 493 Å². The Morgan fingerprint density at radius 2 is 0.950 bits per heavy atom. The molecule has 10 amide bonds. The van der Waals surface area contributed by atoms with Crippen LogP contribution in [0.25, 0.3) is 31.6 Å². The first-order valence-electron chi connectivity index (χ1n) is 39.3. The molecule has 5 aromatic carbocycles. The minimum atomic E-state index is -1.17. The van der Waals surface area contributed by atoms with Crippen molar-refractivity contribution in [3.8, 4) is 11.1 Å².